The van der Waals surface area contributed by atoms with Gasteiger partial charge in [0.15, 0.2) is 5.82 Å². The van der Waals surface area contributed by atoms with Crippen molar-refractivity contribution in [2.24, 2.45) is 0 Å². The van der Waals surface area contributed by atoms with E-state index in [0.29, 0.717) is 0 Å². The molecule has 1 N–H and O–H groups in total. The number of halogens is 1. The maximum atomic E-state index is 4.35. The molecule has 4 heteroatoms. The Balaban J connectivity index is 2.50. The first-order chi connectivity index (χ1) is 6.00. The third-order valence-corrected chi connectivity index (χ3v) is 2.86. The minimum absolute atomic E-state index is 0.0455. The van der Waals surface area contributed by atoms with Gasteiger partial charge in [-0.2, -0.15) is 0 Å². The second-order valence-corrected chi connectivity index (χ2v) is 4.68. The van der Waals surface area contributed by atoms with Crippen molar-refractivity contribution in [2.45, 2.75) is 19.5 Å². The van der Waals surface area contributed by atoms with Crippen molar-refractivity contribution in [1.29, 1.82) is 0 Å². The van der Waals surface area contributed by atoms with Crippen molar-refractivity contribution in [3.05, 3.63) is 16.7 Å². The van der Waals surface area contributed by atoms with E-state index in [4.69, 9.17) is 0 Å². The molecule has 0 saturated heterocycles. The highest BCUT2D eigenvalue weighted by molar-refractivity contribution is 9.10. The molecule has 1 aliphatic rings. The van der Waals surface area contributed by atoms with Crippen LogP contribution in [0.4, 0.5) is 11.5 Å². The lowest BCUT2D eigenvalue weighted by Crippen LogP contribution is -2.42. The minimum Gasteiger partial charge on any atom is -0.360 e. The molecule has 0 bridgehead atoms. The molecule has 0 saturated carbocycles. The fourth-order valence-corrected chi connectivity index (χ4v) is 1.80. The molecule has 70 valence electrons. The van der Waals surface area contributed by atoms with Crippen LogP contribution in [0.2, 0.25) is 0 Å². The van der Waals surface area contributed by atoms with Gasteiger partial charge in [0.1, 0.15) is 5.66 Å². The van der Waals surface area contributed by atoms with Gasteiger partial charge in [-0.15, -0.1) is 0 Å². The van der Waals surface area contributed by atoms with Crippen molar-refractivity contribution < 1.29 is 0 Å². The van der Waals surface area contributed by atoms with Crippen molar-refractivity contribution in [3.8, 4) is 0 Å². The van der Waals surface area contributed by atoms with Crippen molar-refractivity contribution in [3.63, 3.8) is 0 Å². The summed E-state index contributed by atoms with van der Waals surface area (Å²) in [4.78, 5) is 6.49. The summed E-state index contributed by atoms with van der Waals surface area (Å²) < 4.78 is 1.00. The number of aromatic nitrogens is 1. The molecular formula is C9H12BrN3. The van der Waals surface area contributed by atoms with Crippen molar-refractivity contribution >= 4 is 27.4 Å². The largest absolute Gasteiger partial charge is 0.360 e. The van der Waals surface area contributed by atoms with Crippen molar-refractivity contribution in [1.82, 2.24) is 4.98 Å². The molecule has 0 unspecified atom stereocenters. The van der Waals surface area contributed by atoms with Gasteiger partial charge in [0.2, 0.25) is 0 Å². The molecule has 0 aromatic carbocycles. The van der Waals surface area contributed by atoms with E-state index < -0.39 is 0 Å². The molecule has 1 aliphatic heterocycles. The first kappa shape index (κ1) is 8.81. The Kier molecular flexibility index (Phi) is 1.77. The molecule has 0 fully saturated rings. The van der Waals surface area contributed by atoms with Crippen LogP contribution in [0.25, 0.3) is 0 Å². The zero-order chi connectivity index (χ0) is 9.64. The lowest BCUT2D eigenvalue weighted by molar-refractivity contribution is 0.576. The molecule has 0 spiro atoms. The molecule has 13 heavy (non-hydrogen) atoms. The topological polar surface area (TPSA) is 28.2 Å². The third kappa shape index (κ3) is 1.29. The maximum absolute atomic E-state index is 4.35. The molecule has 0 aliphatic carbocycles. The number of pyridine rings is 1. The average molecular weight is 242 g/mol. The molecule has 1 aromatic rings. The predicted molar refractivity (Wildman–Crippen MR) is 58.0 cm³/mol. The van der Waals surface area contributed by atoms with Crippen LogP contribution in [0.1, 0.15) is 13.8 Å². The van der Waals surface area contributed by atoms with Gasteiger partial charge >= 0.3 is 0 Å². The average Bonchev–Trinajstić information content (AvgIpc) is 2.22. The first-order valence-corrected chi connectivity index (χ1v) is 4.97. The van der Waals surface area contributed by atoms with Crippen LogP contribution >= 0.6 is 15.9 Å². The van der Waals surface area contributed by atoms with Gasteiger partial charge in [-0.1, -0.05) is 0 Å². The van der Waals surface area contributed by atoms with E-state index in [1.54, 1.807) is 0 Å². The molecule has 3 nitrogen and oxygen atoms in total. The summed E-state index contributed by atoms with van der Waals surface area (Å²) in [5.41, 5.74) is 1.04. The quantitative estimate of drug-likeness (QED) is 0.757. The molecule has 2 rings (SSSR count). The molecule has 0 amide bonds. The molecular weight excluding hydrogens is 230 g/mol. The first-order valence-electron chi connectivity index (χ1n) is 4.18. The Morgan fingerprint density at radius 1 is 1.54 bits per heavy atom. The normalized spacial score (nSPS) is 18.3. The Morgan fingerprint density at radius 2 is 2.23 bits per heavy atom. The Labute approximate surface area is 86.3 Å². The van der Waals surface area contributed by atoms with E-state index in [2.05, 4.69) is 45.0 Å². The number of hydrogen-bond acceptors (Lipinski definition) is 3. The van der Waals surface area contributed by atoms with Gasteiger partial charge in [-0.05, 0) is 35.8 Å². The Hall–Kier alpha value is -0.770. The summed E-state index contributed by atoms with van der Waals surface area (Å²) in [6, 6.07) is 2.05. The van der Waals surface area contributed by atoms with Gasteiger partial charge in [0, 0.05) is 17.7 Å². The summed E-state index contributed by atoms with van der Waals surface area (Å²) in [5, 5.41) is 3.40. The summed E-state index contributed by atoms with van der Waals surface area (Å²) in [6.07, 6.45) is 1.82. The lowest BCUT2D eigenvalue weighted by atomic mass is 10.2. The smallest absolute Gasteiger partial charge is 0.153 e. The summed E-state index contributed by atoms with van der Waals surface area (Å²) in [7, 11) is 2.04. The number of nitrogens with zero attached hydrogens (tertiary/aromatic N) is 2. The highest BCUT2D eigenvalue weighted by atomic mass is 79.9. The van der Waals surface area contributed by atoms with E-state index >= 15 is 0 Å². The highest BCUT2D eigenvalue weighted by Gasteiger charge is 2.33. The van der Waals surface area contributed by atoms with Gasteiger partial charge in [0.25, 0.3) is 0 Å². The van der Waals surface area contributed by atoms with E-state index in [-0.39, 0.29) is 5.66 Å². The number of hydrogen-bond donors (Lipinski definition) is 1. The second kappa shape index (κ2) is 2.61. The van der Waals surface area contributed by atoms with Crippen LogP contribution in [-0.2, 0) is 0 Å². The van der Waals surface area contributed by atoms with Crippen LogP contribution in [-0.4, -0.2) is 17.7 Å². The van der Waals surface area contributed by atoms with Crippen LogP contribution in [0.3, 0.4) is 0 Å². The van der Waals surface area contributed by atoms with Crippen LogP contribution in [0, 0.1) is 0 Å². The van der Waals surface area contributed by atoms with Crippen LogP contribution < -0.4 is 10.2 Å². The number of nitrogens with one attached hydrogen (secondary N) is 1. The zero-order valence-corrected chi connectivity index (χ0v) is 9.51. The van der Waals surface area contributed by atoms with Crippen LogP contribution in [0.5, 0.6) is 0 Å². The standard InChI is InChI=1S/C9H12BrN3/c1-9(2)12-7-4-6(10)5-11-8(7)13(9)3/h4-5,12H,1-3H3. The van der Waals surface area contributed by atoms with Crippen LogP contribution in [0.15, 0.2) is 16.7 Å². The highest BCUT2D eigenvalue weighted by Crippen LogP contribution is 2.37. The molecule has 0 radical (unpaired) electrons. The third-order valence-electron chi connectivity index (χ3n) is 2.43. The van der Waals surface area contributed by atoms with E-state index in [0.717, 1.165) is 16.0 Å². The second-order valence-electron chi connectivity index (χ2n) is 3.77. The summed E-state index contributed by atoms with van der Waals surface area (Å²) in [5.74, 6) is 1.01. The SMILES string of the molecule is CN1c2ncc(Br)cc2NC1(C)C. The molecule has 1 aromatic heterocycles. The Morgan fingerprint density at radius 3 is 2.92 bits per heavy atom. The number of anilines is 2. The van der Waals surface area contributed by atoms with Crippen molar-refractivity contribution in [2.75, 3.05) is 17.3 Å². The summed E-state index contributed by atoms with van der Waals surface area (Å²) in [6.45, 7) is 4.26. The van der Waals surface area contributed by atoms with E-state index in [1.807, 2.05) is 19.3 Å². The van der Waals surface area contributed by atoms with E-state index in [9.17, 15) is 0 Å². The minimum atomic E-state index is -0.0455. The maximum Gasteiger partial charge on any atom is 0.153 e. The molecule has 2 heterocycles. The fourth-order valence-electron chi connectivity index (χ4n) is 1.47. The number of fused-ring (bicyclic) bond motifs is 1. The Bertz CT molecular complexity index is 349. The monoisotopic (exact) mass is 241 g/mol. The predicted octanol–water partition coefficient (Wildman–Crippen LogP) is 2.44. The number of rotatable bonds is 0. The van der Waals surface area contributed by atoms with Gasteiger partial charge in [0.05, 0.1) is 5.69 Å². The fraction of sp³-hybridized carbons (Fsp3) is 0.444. The van der Waals surface area contributed by atoms with Gasteiger partial charge in [-0.25, -0.2) is 4.98 Å². The summed E-state index contributed by atoms with van der Waals surface area (Å²) >= 11 is 3.40. The molecule has 0 atom stereocenters. The lowest BCUT2D eigenvalue weighted by Gasteiger charge is -2.28. The van der Waals surface area contributed by atoms with Gasteiger partial charge in [-0.3, -0.25) is 0 Å². The zero-order valence-electron chi connectivity index (χ0n) is 7.93. The van der Waals surface area contributed by atoms with E-state index in [1.165, 1.54) is 0 Å². The van der Waals surface area contributed by atoms with Gasteiger partial charge < -0.3 is 10.2 Å².